The minimum Gasteiger partial charge on any atom is -0.482 e. The van der Waals surface area contributed by atoms with Crippen molar-refractivity contribution in [2.45, 2.75) is 39.8 Å². The number of hydrogen-bond donors (Lipinski definition) is 1. The fourth-order valence-electron chi connectivity index (χ4n) is 4.43. The summed E-state index contributed by atoms with van der Waals surface area (Å²) in [6, 6.07) is 8.38. The maximum Gasteiger partial charge on any atom is 0.166 e. The van der Waals surface area contributed by atoms with Gasteiger partial charge in [0.25, 0.3) is 0 Å². The van der Waals surface area contributed by atoms with Crippen LogP contribution in [-0.2, 0) is 20.0 Å². The predicted molar refractivity (Wildman–Crippen MR) is 128 cm³/mol. The van der Waals surface area contributed by atoms with Crippen molar-refractivity contribution >= 4 is 21.7 Å². The third-order valence-corrected chi connectivity index (χ3v) is 6.57. The van der Waals surface area contributed by atoms with E-state index in [0.717, 1.165) is 55.9 Å². The lowest BCUT2D eigenvalue weighted by Gasteiger charge is -2.21. The number of aryl methyl sites for hydroxylation is 3. The molecule has 32 heavy (non-hydrogen) atoms. The van der Waals surface area contributed by atoms with Gasteiger partial charge in [0.1, 0.15) is 10.7 Å². The average molecular weight is 493 g/mol. The summed E-state index contributed by atoms with van der Waals surface area (Å²) in [4.78, 5) is 4.45. The summed E-state index contributed by atoms with van der Waals surface area (Å²) in [5.41, 5.74) is 14.6. The summed E-state index contributed by atoms with van der Waals surface area (Å²) in [5.74, 6) is 0.934. The van der Waals surface area contributed by atoms with Gasteiger partial charge in [0.15, 0.2) is 11.6 Å². The molecule has 1 atom stereocenters. The smallest absolute Gasteiger partial charge is 0.166 e. The van der Waals surface area contributed by atoms with Crippen LogP contribution in [0.2, 0.25) is 0 Å². The highest BCUT2D eigenvalue weighted by molar-refractivity contribution is 9.10. The van der Waals surface area contributed by atoms with Gasteiger partial charge in [0, 0.05) is 60.2 Å². The van der Waals surface area contributed by atoms with Gasteiger partial charge in [-0.25, -0.2) is 4.98 Å². The zero-order valence-corrected chi connectivity index (χ0v) is 20.1. The van der Waals surface area contributed by atoms with Crippen LogP contribution < -0.4 is 10.5 Å². The van der Waals surface area contributed by atoms with Gasteiger partial charge in [-0.1, -0.05) is 23.8 Å². The van der Waals surface area contributed by atoms with Crippen LogP contribution >= 0.6 is 15.9 Å². The van der Waals surface area contributed by atoms with Gasteiger partial charge in [0.2, 0.25) is 0 Å². The second kappa shape index (κ2) is 7.78. The first-order chi connectivity index (χ1) is 15.4. The molecule has 164 valence electrons. The number of ether oxygens (including phenoxy) is 1. The number of rotatable bonds is 1. The van der Waals surface area contributed by atoms with Crippen LogP contribution in [-0.4, -0.2) is 24.5 Å². The molecule has 4 aromatic rings. The quantitative estimate of drug-likeness (QED) is 0.401. The number of benzene rings is 1. The SMILES string of the molecule is CCn1nc(Br)c2c1-c1cnc(N)c(c1)OC(C)c1cc(C)ccc1-c1nn(C)cc1C2. The Morgan fingerprint density at radius 1 is 1.25 bits per heavy atom. The average Bonchev–Trinajstić information content (AvgIpc) is 3.28. The van der Waals surface area contributed by atoms with Crippen molar-refractivity contribution in [2.24, 2.45) is 7.05 Å². The number of nitrogens with zero attached hydrogens (tertiary/aromatic N) is 5. The van der Waals surface area contributed by atoms with Crippen LogP contribution in [0.25, 0.3) is 22.5 Å². The van der Waals surface area contributed by atoms with Crippen LogP contribution in [0.15, 0.2) is 41.3 Å². The lowest BCUT2D eigenvalue weighted by atomic mass is 9.93. The van der Waals surface area contributed by atoms with E-state index in [1.54, 1.807) is 6.20 Å². The maximum atomic E-state index is 6.39. The van der Waals surface area contributed by atoms with Crippen molar-refractivity contribution in [3.05, 3.63) is 63.5 Å². The number of anilines is 1. The standard InChI is InChI=1S/C24H25BrN6O/c1-5-31-22-15-10-20(24(26)27-11-15)32-14(3)18-8-13(2)6-7-17(18)21-16(12-30(4)28-21)9-19(22)23(25)29-31/h6-8,10-12,14H,5,9H2,1-4H3,(H2,26,27). The number of hydrogen-bond acceptors (Lipinski definition) is 5. The Morgan fingerprint density at radius 2 is 2.06 bits per heavy atom. The molecule has 1 aliphatic heterocycles. The minimum absolute atomic E-state index is 0.235. The number of halogens is 1. The first-order valence-corrected chi connectivity index (χ1v) is 11.5. The Balaban J connectivity index is 1.84. The van der Waals surface area contributed by atoms with Gasteiger partial charge in [-0.2, -0.15) is 10.2 Å². The molecule has 2 N–H and O–H groups in total. The van der Waals surface area contributed by atoms with Crippen molar-refractivity contribution in [2.75, 3.05) is 5.73 Å². The van der Waals surface area contributed by atoms with Gasteiger partial charge < -0.3 is 10.5 Å². The van der Waals surface area contributed by atoms with Crippen molar-refractivity contribution in [1.29, 1.82) is 0 Å². The zero-order valence-electron chi connectivity index (χ0n) is 18.6. The topological polar surface area (TPSA) is 83.8 Å². The van der Waals surface area contributed by atoms with E-state index in [1.807, 2.05) is 29.4 Å². The summed E-state index contributed by atoms with van der Waals surface area (Å²) in [6.45, 7) is 6.93. The van der Waals surface area contributed by atoms with E-state index in [2.05, 4.69) is 59.2 Å². The summed E-state index contributed by atoms with van der Waals surface area (Å²) in [5, 5.41) is 9.58. The van der Waals surface area contributed by atoms with Gasteiger partial charge >= 0.3 is 0 Å². The van der Waals surface area contributed by atoms with Crippen molar-refractivity contribution in [3.8, 4) is 28.3 Å². The van der Waals surface area contributed by atoms with Crippen LogP contribution in [0, 0.1) is 6.92 Å². The fourth-order valence-corrected chi connectivity index (χ4v) is 4.95. The molecule has 1 aliphatic rings. The highest BCUT2D eigenvalue weighted by Gasteiger charge is 2.25. The largest absolute Gasteiger partial charge is 0.482 e. The Kier molecular flexibility index (Phi) is 5.04. The van der Waals surface area contributed by atoms with Gasteiger partial charge in [-0.05, 0) is 42.8 Å². The number of pyridine rings is 1. The first kappa shape index (κ1) is 20.8. The van der Waals surface area contributed by atoms with Crippen LogP contribution in [0.1, 0.15) is 42.2 Å². The van der Waals surface area contributed by atoms with Crippen LogP contribution in [0.5, 0.6) is 5.75 Å². The summed E-state index contributed by atoms with van der Waals surface area (Å²) < 4.78 is 11.1. The molecular weight excluding hydrogens is 468 g/mol. The molecule has 5 rings (SSSR count). The number of nitrogens with two attached hydrogens (primary N) is 1. The van der Waals surface area contributed by atoms with Gasteiger partial charge in [-0.3, -0.25) is 9.36 Å². The van der Waals surface area contributed by atoms with Crippen molar-refractivity contribution < 1.29 is 4.74 Å². The van der Waals surface area contributed by atoms with Crippen LogP contribution in [0.3, 0.4) is 0 Å². The second-order valence-electron chi connectivity index (χ2n) is 8.25. The lowest BCUT2D eigenvalue weighted by Crippen LogP contribution is -2.10. The Hall–Kier alpha value is -3.13. The van der Waals surface area contributed by atoms with Crippen molar-refractivity contribution in [3.63, 3.8) is 0 Å². The molecule has 0 radical (unpaired) electrons. The molecular formula is C24H25BrN6O. The van der Waals surface area contributed by atoms with E-state index in [4.69, 9.17) is 20.7 Å². The molecule has 3 aromatic heterocycles. The second-order valence-corrected chi connectivity index (χ2v) is 9.00. The van der Waals surface area contributed by atoms with E-state index < -0.39 is 0 Å². The lowest BCUT2D eigenvalue weighted by molar-refractivity contribution is 0.228. The third-order valence-electron chi connectivity index (χ3n) is 5.93. The zero-order chi connectivity index (χ0) is 22.6. The highest BCUT2D eigenvalue weighted by atomic mass is 79.9. The third kappa shape index (κ3) is 3.39. The minimum atomic E-state index is -0.235. The molecule has 1 aromatic carbocycles. The molecule has 0 spiro atoms. The number of aromatic nitrogens is 5. The van der Waals surface area contributed by atoms with E-state index >= 15 is 0 Å². The summed E-state index contributed by atoms with van der Waals surface area (Å²) in [7, 11) is 1.96. The Bertz CT molecular complexity index is 1340. The van der Waals surface area contributed by atoms with Crippen LogP contribution in [0.4, 0.5) is 5.82 Å². The van der Waals surface area contributed by atoms with Crippen molar-refractivity contribution in [1.82, 2.24) is 24.5 Å². The number of nitrogen functional groups attached to an aromatic ring is 1. The summed E-state index contributed by atoms with van der Waals surface area (Å²) >= 11 is 3.70. The molecule has 0 saturated carbocycles. The first-order valence-electron chi connectivity index (χ1n) is 10.7. The highest BCUT2D eigenvalue weighted by Crippen LogP contribution is 2.40. The van der Waals surface area contributed by atoms with Gasteiger partial charge in [-0.15, -0.1) is 0 Å². The normalized spacial score (nSPS) is 15.1. The van der Waals surface area contributed by atoms with E-state index in [9.17, 15) is 0 Å². The molecule has 0 aliphatic carbocycles. The fraction of sp³-hybridized carbons (Fsp3) is 0.292. The maximum absolute atomic E-state index is 6.39. The van der Waals surface area contributed by atoms with E-state index in [1.165, 1.54) is 0 Å². The predicted octanol–water partition coefficient (Wildman–Crippen LogP) is 5.06. The molecule has 8 heteroatoms. The number of fused-ring (bicyclic) bond motifs is 7. The molecule has 4 heterocycles. The van der Waals surface area contributed by atoms with Gasteiger partial charge in [0.05, 0.1) is 11.4 Å². The summed E-state index contributed by atoms with van der Waals surface area (Å²) in [6.07, 6.45) is 4.32. The molecule has 1 unspecified atom stereocenters. The molecule has 0 saturated heterocycles. The Labute approximate surface area is 195 Å². The Morgan fingerprint density at radius 3 is 2.84 bits per heavy atom. The molecule has 2 bridgehead atoms. The molecule has 0 fully saturated rings. The monoisotopic (exact) mass is 492 g/mol. The van der Waals surface area contributed by atoms with E-state index in [-0.39, 0.29) is 6.10 Å². The molecule has 7 nitrogen and oxygen atoms in total. The van der Waals surface area contributed by atoms with E-state index in [0.29, 0.717) is 18.0 Å². The molecule has 0 amide bonds.